The Balaban J connectivity index is 0.639. The molecule has 3 atom stereocenters. The molecule has 6 aliphatic rings. The van der Waals surface area contributed by atoms with Crippen LogP contribution in [-0.4, -0.2) is 126 Å². The molecule has 19 heteroatoms. The van der Waals surface area contributed by atoms with Gasteiger partial charge in [0.15, 0.2) is 11.3 Å². The summed E-state index contributed by atoms with van der Waals surface area (Å²) in [6.07, 6.45) is 12.6. The van der Waals surface area contributed by atoms with Gasteiger partial charge in [0.1, 0.15) is 11.4 Å². The standard InChI is InChI=1S/C48H58F2N12O5/c1-57-43-30(3-2-4-34(43)41(55-57)35-10-11-39(63)54-46(35)65)7-12-40(64)59-21-16-48(17-22-59)14-19-58(20-15-48)25-29-5-8-31(9-6-29)62-27-37(42(56-62)44(49)50)52-47(66)36-24-51-61-18-13-38(53-45(36)61)60-26-33-23-32(60)28-67-33/h2-4,13,18,24,27,29,31-33,35,44H,5-12,14-17,19-23,25-26,28H2,1H3,(H,52,66)(H,54,63,65)/t29?,31?,32-,33-,35?/m1/s1. The molecule has 1 unspecified atom stereocenters. The molecule has 1 aliphatic carbocycles. The zero-order valence-corrected chi connectivity index (χ0v) is 37.9. The van der Waals surface area contributed by atoms with Gasteiger partial charge >= 0.3 is 0 Å². The number of anilines is 2. The maximum absolute atomic E-state index is 14.4. The molecule has 1 saturated carbocycles. The highest BCUT2D eigenvalue weighted by molar-refractivity contribution is 6.08. The molecule has 5 saturated heterocycles. The second-order valence-corrected chi connectivity index (χ2v) is 20.0. The first-order chi connectivity index (χ1) is 32.5. The van der Waals surface area contributed by atoms with E-state index in [4.69, 9.17) is 14.8 Å². The number of rotatable bonds is 11. The van der Waals surface area contributed by atoms with E-state index < -0.39 is 23.9 Å². The van der Waals surface area contributed by atoms with Crippen molar-refractivity contribution >= 4 is 51.7 Å². The number of nitrogens with zero attached hydrogens (tertiary/aromatic N) is 10. The lowest BCUT2D eigenvalue weighted by Gasteiger charge is -2.47. The van der Waals surface area contributed by atoms with Gasteiger partial charge in [-0.1, -0.05) is 18.2 Å². The van der Waals surface area contributed by atoms with Crippen LogP contribution in [0, 0.1) is 11.3 Å². The average molecular weight is 921 g/mol. The Bertz CT molecular complexity index is 2710. The van der Waals surface area contributed by atoms with Crippen LogP contribution in [0.4, 0.5) is 20.3 Å². The number of imide groups is 1. The van der Waals surface area contributed by atoms with E-state index in [0.717, 1.165) is 119 Å². The lowest BCUT2D eigenvalue weighted by Crippen LogP contribution is -2.49. The highest BCUT2D eigenvalue weighted by Crippen LogP contribution is 2.43. The summed E-state index contributed by atoms with van der Waals surface area (Å²) in [6.45, 7) is 6.05. The molecule has 4 aromatic heterocycles. The first-order valence-corrected chi connectivity index (χ1v) is 24.2. The highest BCUT2D eigenvalue weighted by atomic mass is 19.3. The number of halogens is 2. The summed E-state index contributed by atoms with van der Waals surface area (Å²) in [4.78, 5) is 63.1. The number of likely N-dealkylation sites (tertiary alicyclic amines) is 2. The van der Waals surface area contributed by atoms with Crippen molar-refractivity contribution in [3.63, 3.8) is 0 Å². The molecular formula is C48H58F2N12O5. The summed E-state index contributed by atoms with van der Waals surface area (Å²) in [6, 6.07) is 8.05. The molecule has 1 spiro atoms. The fourth-order valence-corrected chi connectivity index (χ4v) is 12.1. The van der Waals surface area contributed by atoms with Crippen LogP contribution in [0.15, 0.2) is 42.9 Å². The second kappa shape index (κ2) is 17.7. The van der Waals surface area contributed by atoms with Gasteiger partial charge in [-0.2, -0.15) is 15.3 Å². The number of nitrogens with one attached hydrogen (secondary N) is 2. The minimum absolute atomic E-state index is 0.00571. The van der Waals surface area contributed by atoms with E-state index in [-0.39, 0.29) is 52.6 Å². The number of ether oxygens (including phenoxy) is 1. The number of alkyl halides is 2. The average Bonchev–Trinajstić information content (AvgIpc) is 4.19. The fraction of sp³-hybridized carbons (Fsp3) is 0.583. The van der Waals surface area contributed by atoms with Gasteiger partial charge in [0.05, 0.1) is 53.8 Å². The van der Waals surface area contributed by atoms with Gasteiger partial charge in [-0.05, 0) is 107 Å². The first-order valence-electron chi connectivity index (χ1n) is 24.2. The largest absolute Gasteiger partial charge is 0.374 e. The summed E-state index contributed by atoms with van der Waals surface area (Å²) in [7, 11) is 1.87. The van der Waals surface area contributed by atoms with Crippen molar-refractivity contribution in [2.45, 2.75) is 114 Å². The Kier molecular flexibility index (Phi) is 11.5. The molecule has 17 nitrogen and oxygen atoms in total. The number of fused-ring (bicyclic) bond motifs is 4. The number of benzene rings is 1. The van der Waals surface area contributed by atoms with Gasteiger partial charge in [-0.25, -0.2) is 18.3 Å². The van der Waals surface area contributed by atoms with Gasteiger partial charge in [0.25, 0.3) is 12.3 Å². The quantitative estimate of drug-likeness (QED) is 0.159. The summed E-state index contributed by atoms with van der Waals surface area (Å²) >= 11 is 0. The van der Waals surface area contributed by atoms with Crippen molar-refractivity contribution in [1.29, 1.82) is 0 Å². The maximum Gasteiger partial charge on any atom is 0.284 e. The third-order valence-corrected chi connectivity index (χ3v) is 16.0. The fourth-order valence-electron chi connectivity index (χ4n) is 12.1. The van der Waals surface area contributed by atoms with Crippen molar-refractivity contribution in [3.05, 3.63) is 65.4 Å². The summed E-state index contributed by atoms with van der Waals surface area (Å²) in [5.74, 6) is -0.157. The van der Waals surface area contributed by atoms with E-state index in [1.54, 1.807) is 21.8 Å². The zero-order chi connectivity index (χ0) is 46.0. The summed E-state index contributed by atoms with van der Waals surface area (Å²) in [5.41, 5.74) is 3.03. The minimum atomic E-state index is -2.85. The van der Waals surface area contributed by atoms with Gasteiger partial charge in [0, 0.05) is 63.8 Å². The number of piperidine rings is 3. The van der Waals surface area contributed by atoms with Crippen LogP contribution in [0.2, 0.25) is 0 Å². The first kappa shape index (κ1) is 43.7. The third-order valence-electron chi connectivity index (χ3n) is 16.0. The van der Waals surface area contributed by atoms with Gasteiger partial charge in [0.2, 0.25) is 17.7 Å². The van der Waals surface area contributed by atoms with Crippen molar-refractivity contribution in [2.24, 2.45) is 18.4 Å². The number of carbonyl (C=O) groups is 4. The summed E-state index contributed by atoms with van der Waals surface area (Å²) in [5, 5.41) is 19.4. The number of hydrogen-bond acceptors (Lipinski definition) is 11. The molecule has 5 aromatic rings. The van der Waals surface area contributed by atoms with Crippen molar-refractivity contribution in [2.75, 3.05) is 56.1 Å². The Morgan fingerprint density at radius 3 is 2.51 bits per heavy atom. The molecule has 2 bridgehead atoms. The number of aromatic nitrogens is 7. The normalized spacial score (nSPS) is 25.5. The van der Waals surface area contributed by atoms with Gasteiger partial charge < -0.3 is 24.8 Å². The highest BCUT2D eigenvalue weighted by Gasteiger charge is 2.41. The van der Waals surface area contributed by atoms with E-state index >= 15 is 0 Å². The molecule has 0 radical (unpaired) electrons. The number of amides is 4. The smallest absolute Gasteiger partial charge is 0.284 e. The van der Waals surface area contributed by atoms with Gasteiger partial charge in [-0.15, -0.1) is 0 Å². The number of aryl methyl sites for hydroxylation is 2. The molecule has 67 heavy (non-hydrogen) atoms. The van der Waals surface area contributed by atoms with E-state index in [2.05, 4.69) is 30.6 Å². The molecule has 2 N–H and O–H groups in total. The third kappa shape index (κ3) is 8.46. The van der Waals surface area contributed by atoms with Crippen LogP contribution in [0.25, 0.3) is 16.6 Å². The van der Waals surface area contributed by atoms with Crippen LogP contribution >= 0.6 is 0 Å². The van der Waals surface area contributed by atoms with Crippen LogP contribution in [0.3, 0.4) is 0 Å². The number of hydrogen-bond donors (Lipinski definition) is 2. The van der Waals surface area contributed by atoms with Crippen LogP contribution in [-0.2, 0) is 32.6 Å². The molecule has 4 amide bonds. The number of carbonyl (C=O) groups excluding carboxylic acids is 4. The molecular weight excluding hydrogens is 863 g/mol. The SMILES string of the molecule is Cn1nc(C2CCC(=O)NC2=O)c2cccc(CCC(=O)N3CCC4(CCN(CC5CCC(n6cc(NC(=O)c7cnn8ccc(N9C[C@H]%10C[C@@H]9CO%10)nc78)c(C(F)F)n6)CC5)CC4)CC3)c21. The predicted octanol–water partition coefficient (Wildman–Crippen LogP) is 5.57. The Hall–Kier alpha value is -5.82. The molecule has 1 aromatic carbocycles. The Morgan fingerprint density at radius 2 is 1.78 bits per heavy atom. The number of morpholine rings is 1. The molecule has 6 fully saturated rings. The topological polar surface area (TPSA) is 177 Å². The lowest BCUT2D eigenvalue weighted by atomic mass is 9.71. The molecule has 5 aliphatic heterocycles. The lowest BCUT2D eigenvalue weighted by molar-refractivity contribution is -0.135. The predicted molar refractivity (Wildman–Crippen MR) is 243 cm³/mol. The van der Waals surface area contributed by atoms with E-state index in [9.17, 15) is 28.0 Å². The minimum Gasteiger partial charge on any atom is -0.374 e. The van der Waals surface area contributed by atoms with Crippen molar-refractivity contribution in [1.82, 2.24) is 49.3 Å². The Morgan fingerprint density at radius 1 is 0.985 bits per heavy atom. The van der Waals surface area contributed by atoms with Gasteiger partial charge in [-0.3, -0.25) is 33.9 Å². The Labute approximate surface area is 386 Å². The van der Waals surface area contributed by atoms with Crippen molar-refractivity contribution in [3.8, 4) is 0 Å². The van der Waals surface area contributed by atoms with Crippen molar-refractivity contribution < 1.29 is 32.7 Å². The molecule has 11 rings (SSSR count). The van der Waals surface area contributed by atoms with E-state index in [0.29, 0.717) is 49.5 Å². The molecule has 9 heterocycles. The molecule has 354 valence electrons. The van der Waals surface area contributed by atoms with Crippen LogP contribution < -0.4 is 15.5 Å². The maximum atomic E-state index is 14.4. The van der Waals surface area contributed by atoms with Crippen LogP contribution in [0.5, 0.6) is 0 Å². The zero-order valence-electron chi connectivity index (χ0n) is 37.9. The summed E-state index contributed by atoms with van der Waals surface area (Å²) < 4.78 is 39.4. The van der Waals surface area contributed by atoms with Crippen LogP contribution in [0.1, 0.15) is 123 Å². The monoisotopic (exact) mass is 920 g/mol. The van der Waals surface area contributed by atoms with E-state index in [1.807, 2.05) is 36.2 Å². The second-order valence-electron chi connectivity index (χ2n) is 20.0. The number of para-hydroxylation sites is 1. The van der Waals surface area contributed by atoms with E-state index in [1.165, 1.54) is 10.7 Å².